The Labute approximate surface area is 82.8 Å². The molecule has 0 radical (unpaired) electrons. The van der Waals surface area contributed by atoms with Crippen LogP contribution in [0.1, 0.15) is 0 Å². The van der Waals surface area contributed by atoms with Crippen molar-refractivity contribution < 1.29 is 4.52 Å². The van der Waals surface area contributed by atoms with E-state index >= 15 is 0 Å². The van der Waals surface area contributed by atoms with Gasteiger partial charge in [0, 0.05) is 6.20 Å². The summed E-state index contributed by atoms with van der Waals surface area (Å²) in [6, 6.07) is 1.73. The van der Waals surface area contributed by atoms with E-state index in [-0.39, 0.29) is 5.56 Å². The monoisotopic (exact) mass is 203 g/mol. The van der Waals surface area contributed by atoms with E-state index < -0.39 is 0 Å². The number of pyridine rings is 1. The lowest BCUT2D eigenvalue weighted by Gasteiger charge is -1.97. The summed E-state index contributed by atoms with van der Waals surface area (Å²) in [5.74, 6) is 5.96. The van der Waals surface area contributed by atoms with Crippen LogP contribution < -0.4 is 15.9 Å². The number of aromatic amines is 1. The molecule has 0 bridgehead atoms. The highest BCUT2D eigenvalue weighted by molar-refractivity contribution is 5.73. The number of nitrogens with two attached hydrogens (primary N) is 1. The van der Waals surface area contributed by atoms with E-state index in [1.54, 1.807) is 10.6 Å². The smallest absolute Gasteiger partial charge is 0.336 e. The van der Waals surface area contributed by atoms with Gasteiger partial charge in [0.05, 0.1) is 0 Å². The van der Waals surface area contributed by atoms with Crippen LogP contribution >= 0.6 is 0 Å². The fraction of sp³-hybridized carbons (Fsp3) is 0. The molecule has 3 aromatic heterocycles. The molecule has 0 fully saturated rings. The first-order valence-electron chi connectivity index (χ1n) is 4.28. The normalized spacial score (nSPS) is 11.2. The minimum Gasteiger partial charge on any atom is -0.336 e. The third kappa shape index (κ3) is 0.938. The minimum absolute atomic E-state index is 0.288. The standard InChI is InChI=1S/C8H6N6O/c9-13-2-1-6-5(7(13)15)3-10-8-11-4-12-14(6)8/h1-4H,9H2/p+1. The van der Waals surface area contributed by atoms with Crippen LogP contribution in [0.3, 0.4) is 0 Å². The Bertz CT molecular complexity index is 712. The van der Waals surface area contributed by atoms with Gasteiger partial charge in [0.25, 0.3) is 5.56 Å². The van der Waals surface area contributed by atoms with E-state index in [9.17, 15) is 4.79 Å². The SMILES string of the molecule is Nn1ccc2c(cnc3nc[nH][n+]32)c1=O. The molecule has 3 rings (SSSR count). The summed E-state index contributed by atoms with van der Waals surface area (Å²) >= 11 is 0. The Hall–Kier alpha value is -2.44. The van der Waals surface area contributed by atoms with Crippen LogP contribution in [0.5, 0.6) is 0 Å². The second-order valence-corrected chi connectivity index (χ2v) is 3.11. The van der Waals surface area contributed by atoms with Crippen molar-refractivity contribution in [2.24, 2.45) is 0 Å². The van der Waals surface area contributed by atoms with Crippen LogP contribution in [-0.2, 0) is 0 Å². The first-order valence-corrected chi connectivity index (χ1v) is 4.28. The van der Waals surface area contributed by atoms with Gasteiger partial charge in [-0.15, -0.1) is 4.52 Å². The molecule has 0 saturated heterocycles. The third-order valence-electron chi connectivity index (χ3n) is 2.25. The average molecular weight is 203 g/mol. The number of rotatable bonds is 0. The maximum absolute atomic E-state index is 11.6. The van der Waals surface area contributed by atoms with Gasteiger partial charge < -0.3 is 5.84 Å². The Morgan fingerprint density at radius 3 is 3.20 bits per heavy atom. The van der Waals surface area contributed by atoms with Crippen molar-refractivity contribution in [3.05, 3.63) is 35.1 Å². The van der Waals surface area contributed by atoms with Gasteiger partial charge in [-0.05, 0) is 6.07 Å². The van der Waals surface area contributed by atoms with Crippen LogP contribution in [0, 0.1) is 0 Å². The molecule has 0 aromatic carbocycles. The molecule has 0 saturated carbocycles. The van der Waals surface area contributed by atoms with Crippen molar-refractivity contribution in [3.63, 3.8) is 0 Å². The first-order chi connectivity index (χ1) is 7.27. The van der Waals surface area contributed by atoms with E-state index in [4.69, 9.17) is 5.84 Å². The number of hydrogen-bond donors (Lipinski definition) is 2. The van der Waals surface area contributed by atoms with Crippen LogP contribution in [0.15, 0.2) is 29.6 Å². The zero-order valence-electron chi connectivity index (χ0n) is 7.58. The Morgan fingerprint density at radius 2 is 2.33 bits per heavy atom. The lowest BCUT2D eigenvalue weighted by atomic mass is 10.3. The number of nitrogen functional groups attached to an aromatic ring is 1. The Kier molecular flexibility index (Phi) is 1.34. The highest BCUT2D eigenvalue weighted by atomic mass is 16.1. The third-order valence-corrected chi connectivity index (χ3v) is 2.25. The van der Waals surface area contributed by atoms with Gasteiger partial charge in [-0.2, -0.15) is 0 Å². The zero-order valence-corrected chi connectivity index (χ0v) is 7.58. The summed E-state index contributed by atoms with van der Waals surface area (Å²) in [4.78, 5) is 19.6. The topological polar surface area (TPSA) is 93.7 Å². The summed E-state index contributed by atoms with van der Waals surface area (Å²) < 4.78 is 2.64. The molecular formula is C8H7N6O+. The molecule has 0 unspecified atom stereocenters. The Morgan fingerprint density at radius 1 is 1.47 bits per heavy atom. The molecule has 0 aliphatic heterocycles. The summed E-state index contributed by atoms with van der Waals surface area (Å²) in [7, 11) is 0. The lowest BCUT2D eigenvalue weighted by Crippen LogP contribution is -2.32. The van der Waals surface area contributed by atoms with Crippen LogP contribution in [0.4, 0.5) is 0 Å². The molecule has 0 aliphatic carbocycles. The van der Waals surface area contributed by atoms with Crippen LogP contribution in [0.2, 0.25) is 0 Å². The van der Waals surface area contributed by atoms with Crippen molar-refractivity contribution in [3.8, 4) is 0 Å². The number of nitrogens with zero attached hydrogens (tertiary/aromatic N) is 4. The number of aromatic nitrogens is 5. The van der Waals surface area contributed by atoms with Crippen molar-refractivity contribution >= 4 is 16.7 Å². The summed E-state index contributed by atoms with van der Waals surface area (Å²) in [5, 5.41) is 3.31. The van der Waals surface area contributed by atoms with Crippen molar-refractivity contribution in [1.29, 1.82) is 0 Å². The highest BCUT2D eigenvalue weighted by Crippen LogP contribution is 2.01. The summed E-state index contributed by atoms with van der Waals surface area (Å²) in [6.07, 6.45) is 4.48. The molecule has 0 spiro atoms. The molecule has 15 heavy (non-hydrogen) atoms. The predicted molar refractivity (Wildman–Crippen MR) is 51.5 cm³/mol. The minimum atomic E-state index is -0.288. The Balaban J connectivity index is 2.66. The molecule has 3 aromatic rings. The fourth-order valence-corrected chi connectivity index (χ4v) is 1.52. The van der Waals surface area contributed by atoms with Gasteiger partial charge in [0.1, 0.15) is 17.1 Å². The van der Waals surface area contributed by atoms with E-state index in [0.29, 0.717) is 16.7 Å². The number of nitrogens with one attached hydrogen (secondary N) is 1. The molecule has 0 atom stereocenters. The number of hydrogen-bond acceptors (Lipinski definition) is 4. The van der Waals surface area contributed by atoms with E-state index in [0.717, 1.165) is 4.68 Å². The molecule has 7 heteroatoms. The maximum Gasteiger partial charge on any atom is 0.457 e. The molecule has 3 N–H and O–H groups in total. The van der Waals surface area contributed by atoms with Crippen molar-refractivity contribution in [1.82, 2.24) is 19.7 Å². The average Bonchev–Trinajstić information content (AvgIpc) is 2.71. The second kappa shape index (κ2) is 2.53. The number of H-pyrrole nitrogens is 1. The molecule has 0 amide bonds. The summed E-state index contributed by atoms with van der Waals surface area (Å²) in [5.41, 5.74) is 0.410. The maximum atomic E-state index is 11.6. The fourth-order valence-electron chi connectivity index (χ4n) is 1.52. The predicted octanol–water partition coefficient (Wildman–Crippen LogP) is -1.43. The van der Waals surface area contributed by atoms with E-state index in [1.165, 1.54) is 18.7 Å². The molecule has 7 nitrogen and oxygen atoms in total. The molecule has 3 heterocycles. The van der Waals surface area contributed by atoms with Crippen LogP contribution in [0.25, 0.3) is 16.7 Å². The van der Waals surface area contributed by atoms with Crippen molar-refractivity contribution in [2.45, 2.75) is 0 Å². The quantitative estimate of drug-likeness (QED) is 0.346. The number of fused-ring (bicyclic) bond motifs is 3. The largest absolute Gasteiger partial charge is 0.457 e. The van der Waals surface area contributed by atoms with Gasteiger partial charge >= 0.3 is 5.78 Å². The molecule has 74 valence electrons. The van der Waals surface area contributed by atoms with Crippen LogP contribution in [-0.4, -0.2) is 19.7 Å². The van der Waals surface area contributed by atoms with Gasteiger partial charge in [-0.25, -0.2) is 9.77 Å². The van der Waals surface area contributed by atoms with Gasteiger partial charge in [0.2, 0.25) is 0 Å². The lowest BCUT2D eigenvalue weighted by molar-refractivity contribution is -0.551. The molecule has 0 aliphatic rings. The van der Waals surface area contributed by atoms with Gasteiger partial charge in [-0.3, -0.25) is 4.79 Å². The summed E-state index contributed by atoms with van der Waals surface area (Å²) in [6.45, 7) is 0. The zero-order chi connectivity index (χ0) is 10.4. The van der Waals surface area contributed by atoms with E-state index in [2.05, 4.69) is 15.1 Å². The van der Waals surface area contributed by atoms with E-state index in [1.807, 2.05) is 0 Å². The second-order valence-electron chi connectivity index (χ2n) is 3.11. The van der Waals surface area contributed by atoms with Gasteiger partial charge in [-0.1, -0.05) is 9.97 Å². The van der Waals surface area contributed by atoms with Crippen molar-refractivity contribution in [2.75, 3.05) is 5.84 Å². The van der Waals surface area contributed by atoms with Gasteiger partial charge in [0.15, 0.2) is 6.33 Å². The first kappa shape index (κ1) is 7.92. The molecular weight excluding hydrogens is 196 g/mol. The highest BCUT2D eigenvalue weighted by Gasteiger charge is 2.13.